The molecule has 7 nitrogen and oxygen atoms in total. The molecule has 0 radical (unpaired) electrons. The summed E-state index contributed by atoms with van der Waals surface area (Å²) in [4.78, 5) is 25.7. The molecule has 0 spiro atoms. The predicted molar refractivity (Wildman–Crippen MR) is 114 cm³/mol. The van der Waals surface area contributed by atoms with Gasteiger partial charge in [-0.1, -0.05) is 32.0 Å². The lowest BCUT2D eigenvalue weighted by Gasteiger charge is -2.21. The number of hydrogen-bond acceptors (Lipinski definition) is 5. The maximum absolute atomic E-state index is 13.9. The van der Waals surface area contributed by atoms with E-state index in [9.17, 15) is 14.0 Å². The van der Waals surface area contributed by atoms with Gasteiger partial charge in [0.1, 0.15) is 11.6 Å². The van der Waals surface area contributed by atoms with E-state index in [2.05, 4.69) is 10.4 Å². The van der Waals surface area contributed by atoms with Crippen LogP contribution < -0.4 is 15.6 Å². The minimum absolute atomic E-state index is 0.116. The van der Waals surface area contributed by atoms with Crippen molar-refractivity contribution in [3.63, 3.8) is 0 Å². The molecule has 8 heteroatoms. The van der Waals surface area contributed by atoms with Crippen molar-refractivity contribution in [1.29, 1.82) is 0 Å². The fourth-order valence-electron chi connectivity index (χ4n) is 3.71. The van der Waals surface area contributed by atoms with Crippen LogP contribution in [0.4, 0.5) is 4.39 Å². The Morgan fingerprint density at radius 1 is 1.26 bits per heavy atom. The van der Waals surface area contributed by atoms with Gasteiger partial charge in [-0.15, -0.1) is 0 Å². The van der Waals surface area contributed by atoms with Gasteiger partial charge in [-0.2, -0.15) is 5.10 Å². The van der Waals surface area contributed by atoms with E-state index in [0.29, 0.717) is 47.2 Å². The van der Waals surface area contributed by atoms with Crippen LogP contribution in [0.25, 0.3) is 10.8 Å². The van der Waals surface area contributed by atoms with Crippen LogP contribution in [0.3, 0.4) is 0 Å². The largest absolute Gasteiger partial charge is 0.467 e. The quantitative estimate of drug-likeness (QED) is 0.657. The molecule has 0 saturated heterocycles. The first-order chi connectivity index (χ1) is 14.9. The van der Waals surface area contributed by atoms with Crippen LogP contribution in [0.2, 0.25) is 0 Å². The molecule has 0 bridgehead atoms. The van der Waals surface area contributed by atoms with Crippen molar-refractivity contribution >= 4 is 16.7 Å². The Labute approximate surface area is 178 Å². The first-order valence-electron chi connectivity index (χ1n) is 10.2. The second-order valence-corrected chi connectivity index (χ2v) is 7.95. The lowest BCUT2D eigenvalue weighted by Crippen LogP contribution is -2.32. The van der Waals surface area contributed by atoms with Gasteiger partial charge >= 0.3 is 0 Å². The summed E-state index contributed by atoms with van der Waals surface area (Å²) < 4.78 is 26.0. The first kappa shape index (κ1) is 21.0. The van der Waals surface area contributed by atoms with E-state index in [1.165, 1.54) is 16.8 Å². The fraction of sp³-hybridized carbons (Fsp3) is 0.348. The van der Waals surface area contributed by atoms with Crippen molar-refractivity contribution in [3.8, 4) is 5.75 Å². The number of fused-ring (bicyclic) bond motifs is 2. The van der Waals surface area contributed by atoms with Gasteiger partial charge in [0.2, 0.25) is 0 Å². The van der Waals surface area contributed by atoms with Crippen LogP contribution in [0.5, 0.6) is 5.75 Å². The Morgan fingerprint density at radius 2 is 2.03 bits per heavy atom. The number of ether oxygens (including phenoxy) is 2. The van der Waals surface area contributed by atoms with Crippen LogP contribution in [0, 0.1) is 11.7 Å². The molecule has 4 rings (SSSR count). The highest BCUT2D eigenvalue weighted by Gasteiger charge is 2.19. The number of hydrogen-bond donors (Lipinski definition) is 1. The Morgan fingerprint density at radius 3 is 2.81 bits per heavy atom. The average Bonchev–Trinajstić information content (AvgIpc) is 2.75. The van der Waals surface area contributed by atoms with Gasteiger partial charge < -0.3 is 14.8 Å². The number of benzene rings is 2. The van der Waals surface area contributed by atoms with Gasteiger partial charge in [0.25, 0.3) is 11.5 Å². The number of carbonyl (C=O) groups is 1. The van der Waals surface area contributed by atoms with Crippen LogP contribution in [0.1, 0.15) is 35.5 Å². The summed E-state index contributed by atoms with van der Waals surface area (Å²) in [5.41, 5.74) is 1.30. The van der Waals surface area contributed by atoms with E-state index in [1.54, 1.807) is 24.3 Å². The summed E-state index contributed by atoms with van der Waals surface area (Å²) in [6, 6.07) is 9.76. The van der Waals surface area contributed by atoms with Gasteiger partial charge in [0.05, 0.1) is 12.0 Å². The summed E-state index contributed by atoms with van der Waals surface area (Å²) >= 11 is 0. The lowest BCUT2D eigenvalue weighted by atomic mass is 10.1. The third-order valence-electron chi connectivity index (χ3n) is 5.05. The van der Waals surface area contributed by atoms with Gasteiger partial charge in [-0.05, 0) is 36.1 Å². The maximum Gasteiger partial charge on any atom is 0.274 e. The Kier molecular flexibility index (Phi) is 5.99. The fourth-order valence-corrected chi connectivity index (χ4v) is 3.71. The molecule has 1 amide bonds. The highest BCUT2D eigenvalue weighted by molar-refractivity contribution is 6.04. The predicted octanol–water partition coefficient (Wildman–Crippen LogP) is 3.03. The molecule has 1 aliphatic heterocycles. The van der Waals surface area contributed by atoms with Crippen molar-refractivity contribution in [2.24, 2.45) is 5.92 Å². The summed E-state index contributed by atoms with van der Waals surface area (Å²) in [5.74, 6) is 0.0483. The van der Waals surface area contributed by atoms with Crippen molar-refractivity contribution in [1.82, 2.24) is 15.1 Å². The van der Waals surface area contributed by atoms with Crippen molar-refractivity contribution in [2.45, 2.75) is 33.4 Å². The molecule has 0 unspecified atom stereocenters. The van der Waals surface area contributed by atoms with E-state index < -0.39 is 0 Å². The van der Waals surface area contributed by atoms with Crippen molar-refractivity contribution < 1.29 is 18.7 Å². The molecule has 3 aromatic rings. The minimum Gasteiger partial charge on any atom is -0.467 e. The normalized spacial score (nSPS) is 13.2. The van der Waals surface area contributed by atoms with Crippen LogP contribution in [0.15, 0.2) is 41.2 Å². The lowest BCUT2D eigenvalue weighted by molar-refractivity contribution is -0.0172. The third kappa shape index (κ3) is 4.44. The molecule has 0 atom stereocenters. The van der Waals surface area contributed by atoms with Gasteiger partial charge in [0, 0.05) is 24.0 Å². The highest BCUT2D eigenvalue weighted by Crippen LogP contribution is 2.29. The number of amides is 1. The zero-order valence-electron chi connectivity index (χ0n) is 17.5. The SMILES string of the molecule is CC(C)Cn1nc(C(=O)NCCc2cc(F)cc3c2OCOC3)c2ccccc2c1=O. The van der Waals surface area contributed by atoms with Crippen LogP contribution in [-0.4, -0.2) is 29.0 Å². The molecule has 1 aliphatic rings. The molecular weight excluding hydrogens is 401 g/mol. The van der Waals surface area contributed by atoms with Gasteiger partial charge in [0.15, 0.2) is 12.5 Å². The van der Waals surface area contributed by atoms with Gasteiger partial charge in [-0.25, -0.2) is 9.07 Å². The molecule has 2 aromatic carbocycles. The monoisotopic (exact) mass is 425 g/mol. The van der Waals surface area contributed by atoms with Crippen molar-refractivity contribution in [2.75, 3.05) is 13.3 Å². The Balaban J connectivity index is 1.56. The van der Waals surface area contributed by atoms with E-state index in [0.717, 1.165) is 0 Å². The van der Waals surface area contributed by atoms with Crippen LogP contribution in [-0.2, 0) is 24.3 Å². The van der Waals surface area contributed by atoms with Gasteiger partial charge in [-0.3, -0.25) is 9.59 Å². The second-order valence-electron chi connectivity index (χ2n) is 7.95. The standard InChI is InChI=1S/C23H24FN3O4/c1-14(2)11-27-23(29)19-6-4-3-5-18(19)20(26-27)22(28)25-8-7-15-9-17(24)10-16-12-30-13-31-21(15)16/h3-6,9-10,14H,7-8,11-13H2,1-2H3,(H,25,28). The number of halogens is 1. The second kappa shape index (κ2) is 8.85. The molecule has 1 N–H and O–H groups in total. The number of carbonyl (C=O) groups excluding carboxylic acids is 1. The summed E-state index contributed by atoms with van der Waals surface area (Å²) in [6.45, 7) is 5.05. The van der Waals surface area contributed by atoms with E-state index in [1.807, 2.05) is 13.8 Å². The smallest absolute Gasteiger partial charge is 0.274 e. The molecular formula is C23H24FN3O4. The van der Waals surface area contributed by atoms with Crippen LogP contribution >= 0.6 is 0 Å². The highest BCUT2D eigenvalue weighted by atomic mass is 19.1. The molecule has 0 saturated carbocycles. The summed E-state index contributed by atoms with van der Waals surface area (Å²) in [7, 11) is 0. The Hall–Kier alpha value is -3.26. The molecule has 2 heterocycles. The number of aromatic nitrogens is 2. The Bertz CT molecular complexity index is 1190. The topological polar surface area (TPSA) is 82.5 Å². The van der Waals surface area contributed by atoms with E-state index in [4.69, 9.17) is 9.47 Å². The molecule has 0 aliphatic carbocycles. The molecule has 162 valence electrons. The number of nitrogens with one attached hydrogen (secondary N) is 1. The first-order valence-corrected chi connectivity index (χ1v) is 10.2. The molecule has 0 fully saturated rings. The average molecular weight is 425 g/mol. The van der Waals surface area contributed by atoms with Crippen molar-refractivity contribution in [3.05, 3.63) is 69.4 Å². The molecule has 1 aromatic heterocycles. The number of rotatable bonds is 6. The van der Waals surface area contributed by atoms with E-state index in [-0.39, 0.29) is 42.2 Å². The zero-order valence-corrected chi connectivity index (χ0v) is 17.5. The molecule has 31 heavy (non-hydrogen) atoms. The summed E-state index contributed by atoms with van der Waals surface area (Å²) in [5, 5.41) is 8.14. The third-order valence-corrected chi connectivity index (χ3v) is 5.05. The summed E-state index contributed by atoms with van der Waals surface area (Å²) in [6.07, 6.45) is 0.384. The minimum atomic E-state index is -0.386. The van der Waals surface area contributed by atoms with E-state index >= 15 is 0 Å². The zero-order chi connectivity index (χ0) is 22.0. The number of nitrogens with zero attached hydrogens (tertiary/aromatic N) is 2. The maximum atomic E-state index is 13.9.